The van der Waals surface area contributed by atoms with Gasteiger partial charge in [0, 0.05) is 5.39 Å². The van der Waals surface area contributed by atoms with Gasteiger partial charge in [-0.05, 0) is 18.2 Å². The van der Waals surface area contributed by atoms with Crippen molar-refractivity contribution in [1.29, 1.82) is 5.26 Å². The molecule has 0 aliphatic rings. The first kappa shape index (κ1) is 5.93. The molecule has 1 N–H and O–H groups in total. The van der Waals surface area contributed by atoms with Gasteiger partial charge in [0.15, 0.2) is 0 Å². The highest BCUT2D eigenvalue weighted by Gasteiger charge is 1.95. The lowest BCUT2D eigenvalue weighted by Crippen LogP contribution is -1.72. The number of aromatic amines is 1. The number of hydrogen-bond acceptors (Lipinski definition) is 2. The van der Waals surface area contributed by atoms with E-state index < -0.39 is 0 Å². The van der Waals surface area contributed by atoms with Gasteiger partial charge in [0.1, 0.15) is 0 Å². The predicted octanol–water partition coefficient (Wildman–Crippen LogP) is 1.55. The zero-order valence-electron chi connectivity index (χ0n) is 6.70. The van der Waals surface area contributed by atoms with Crippen LogP contribution in [0, 0.1) is 11.3 Å². The molecule has 0 radical (unpaired) electrons. The van der Waals surface area contributed by atoms with E-state index in [0.717, 1.165) is 10.9 Å². The lowest BCUT2D eigenvalue weighted by Gasteiger charge is -1.87. The number of nitrogens with one attached hydrogen (secondary N) is 1. The third-order valence-corrected chi connectivity index (χ3v) is 1.57. The minimum Gasteiger partial charge on any atom is -0.278 e. The summed E-state index contributed by atoms with van der Waals surface area (Å²) in [5, 5.41) is 16.2. The molecule has 11 heavy (non-hydrogen) atoms. The molecule has 2 rings (SSSR count). The van der Waals surface area contributed by atoms with Crippen molar-refractivity contribution in [2.45, 2.75) is 0 Å². The normalized spacial score (nSPS) is 9.73. The van der Waals surface area contributed by atoms with E-state index in [-0.39, 0.29) is 1.43 Å². The van der Waals surface area contributed by atoms with Gasteiger partial charge in [-0.2, -0.15) is 10.4 Å². The highest BCUT2D eigenvalue weighted by atomic mass is 15.1. The molecule has 0 saturated carbocycles. The van der Waals surface area contributed by atoms with E-state index in [2.05, 4.69) is 16.3 Å². The standard InChI is InChI=1S/C8H5N3/c9-4-6-1-2-8-7(3-6)5-10-11-8/h1-3,5H,(H,10,11)/p+1. The van der Waals surface area contributed by atoms with Crippen molar-refractivity contribution in [3.63, 3.8) is 0 Å². The molecule has 3 nitrogen and oxygen atoms in total. The van der Waals surface area contributed by atoms with Crippen LogP contribution in [0.4, 0.5) is 0 Å². The molecule has 0 aliphatic carbocycles. The molecule has 0 bridgehead atoms. The maximum atomic E-state index is 8.55. The summed E-state index contributed by atoms with van der Waals surface area (Å²) < 4.78 is 0. The molecule has 1 aromatic heterocycles. The van der Waals surface area contributed by atoms with Crippen LogP contribution in [0.2, 0.25) is 0 Å². The van der Waals surface area contributed by atoms with E-state index in [1.807, 2.05) is 6.07 Å². The number of nitriles is 1. The Hall–Kier alpha value is -1.82. The SMILES string of the molecule is N#Cc1ccc2[nH]ncc2c1.[H+]. The first-order chi connectivity index (χ1) is 5.40. The smallest absolute Gasteiger partial charge is 0.278 e. The minimum atomic E-state index is 0. The molecule has 0 aliphatic heterocycles. The number of aromatic nitrogens is 2. The summed E-state index contributed by atoms with van der Waals surface area (Å²) in [4.78, 5) is 0. The van der Waals surface area contributed by atoms with Gasteiger partial charge < -0.3 is 0 Å². The van der Waals surface area contributed by atoms with Crippen LogP contribution < -0.4 is 0 Å². The largest absolute Gasteiger partial charge is 1.00 e. The maximum absolute atomic E-state index is 8.55. The van der Waals surface area contributed by atoms with Crippen molar-refractivity contribution < 1.29 is 1.43 Å². The van der Waals surface area contributed by atoms with Gasteiger partial charge in [-0.1, -0.05) is 0 Å². The molecule has 0 amide bonds. The molecule has 0 unspecified atom stereocenters. The summed E-state index contributed by atoms with van der Waals surface area (Å²) in [5.74, 6) is 0. The molecule has 1 aromatic carbocycles. The fraction of sp³-hybridized carbons (Fsp3) is 0. The van der Waals surface area contributed by atoms with Crippen molar-refractivity contribution >= 4 is 10.9 Å². The Kier molecular flexibility index (Phi) is 1.13. The third kappa shape index (κ3) is 0.849. The third-order valence-electron chi connectivity index (χ3n) is 1.57. The topological polar surface area (TPSA) is 52.5 Å². The van der Waals surface area contributed by atoms with Crippen LogP contribution in [-0.2, 0) is 0 Å². The van der Waals surface area contributed by atoms with Crippen molar-refractivity contribution in [1.82, 2.24) is 10.2 Å². The highest BCUT2D eigenvalue weighted by molar-refractivity contribution is 5.79. The molecule has 0 spiro atoms. The first-order valence-corrected chi connectivity index (χ1v) is 3.23. The van der Waals surface area contributed by atoms with E-state index >= 15 is 0 Å². The molecule has 3 heteroatoms. The van der Waals surface area contributed by atoms with E-state index in [9.17, 15) is 0 Å². The fourth-order valence-electron chi connectivity index (χ4n) is 1.01. The predicted molar refractivity (Wildman–Crippen MR) is 41.9 cm³/mol. The second-order valence-corrected chi connectivity index (χ2v) is 2.28. The van der Waals surface area contributed by atoms with Crippen LogP contribution in [0.5, 0.6) is 0 Å². The lowest BCUT2D eigenvalue weighted by atomic mass is 10.2. The van der Waals surface area contributed by atoms with E-state index in [1.165, 1.54) is 0 Å². The summed E-state index contributed by atoms with van der Waals surface area (Å²) in [6, 6.07) is 7.48. The van der Waals surface area contributed by atoms with Crippen LogP contribution in [0.1, 0.15) is 6.99 Å². The van der Waals surface area contributed by atoms with Gasteiger partial charge in [-0.25, -0.2) is 0 Å². The van der Waals surface area contributed by atoms with Crippen LogP contribution in [0.25, 0.3) is 10.9 Å². The Labute approximate surface area is 64.8 Å². The van der Waals surface area contributed by atoms with Crippen LogP contribution in [-0.4, -0.2) is 10.2 Å². The summed E-state index contributed by atoms with van der Waals surface area (Å²) in [6.45, 7) is 0. The van der Waals surface area contributed by atoms with Crippen molar-refractivity contribution in [2.75, 3.05) is 0 Å². The monoisotopic (exact) mass is 144 g/mol. The number of benzene rings is 1. The fourth-order valence-corrected chi connectivity index (χ4v) is 1.01. The molecule has 0 atom stereocenters. The quantitative estimate of drug-likeness (QED) is 0.609. The van der Waals surface area contributed by atoms with Crippen molar-refractivity contribution in [3.8, 4) is 6.07 Å². The molecular formula is C8H6N3+. The Morgan fingerprint density at radius 2 is 2.45 bits per heavy atom. The Bertz CT molecular complexity index is 427. The number of nitrogens with zero attached hydrogens (tertiary/aromatic N) is 2. The number of hydrogen-bond donors (Lipinski definition) is 1. The molecular weight excluding hydrogens is 138 g/mol. The minimum absolute atomic E-state index is 0. The van der Waals surface area contributed by atoms with Gasteiger partial charge >= 0.3 is 1.43 Å². The van der Waals surface area contributed by atoms with E-state index in [0.29, 0.717) is 5.56 Å². The molecule has 2 aromatic rings. The second kappa shape index (κ2) is 2.10. The average molecular weight is 144 g/mol. The summed E-state index contributed by atoms with van der Waals surface area (Å²) in [6.07, 6.45) is 1.70. The molecule has 1 heterocycles. The summed E-state index contributed by atoms with van der Waals surface area (Å²) in [5.41, 5.74) is 1.63. The molecule has 0 saturated heterocycles. The van der Waals surface area contributed by atoms with Gasteiger partial charge in [0.25, 0.3) is 0 Å². The number of rotatable bonds is 0. The molecule has 0 fully saturated rings. The number of H-pyrrole nitrogens is 1. The van der Waals surface area contributed by atoms with Crippen LogP contribution in [0.15, 0.2) is 24.4 Å². The van der Waals surface area contributed by atoms with Gasteiger partial charge in [0.05, 0.1) is 23.3 Å². The average Bonchev–Trinajstić information content (AvgIpc) is 2.50. The maximum Gasteiger partial charge on any atom is 1.00 e. The summed E-state index contributed by atoms with van der Waals surface area (Å²) in [7, 11) is 0. The highest BCUT2D eigenvalue weighted by Crippen LogP contribution is 2.11. The summed E-state index contributed by atoms with van der Waals surface area (Å²) >= 11 is 0. The van der Waals surface area contributed by atoms with E-state index in [1.54, 1.807) is 18.3 Å². The van der Waals surface area contributed by atoms with Crippen molar-refractivity contribution in [3.05, 3.63) is 30.0 Å². The lowest BCUT2D eigenvalue weighted by molar-refractivity contribution is 1.12. The Balaban J connectivity index is 0.000000720. The van der Waals surface area contributed by atoms with Gasteiger partial charge in [0.2, 0.25) is 0 Å². The first-order valence-electron chi connectivity index (χ1n) is 3.23. The van der Waals surface area contributed by atoms with Crippen LogP contribution in [0.3, 0.4) is 0 Å². The van der Waals surface area contributed by atoms with Gasteiger partial charge in [-0.3, -0.25) is 5.10 Å². The second-order valence-electron chi connectivity index (χ2n) is 2.28. The van der Waals surface area contributed by atoms with Crippen LogP contribution >= 0.6 is 0 Å². The Morgan fingerprint density at radius 1 is 1.55 bits per heavy atom. The number of fused-ring (bicyclic) bond motifs is 1. The molecule has 52 valence electrons. The Morgan fingerprint density at radius 3 is 3.27 bits per heavy atom. The van der Waals surface area contributed by atoms with Crippen molar-refractivity contribution in [2.24, 2.45) is 0 Å². The van der Waals surface area contributed by atoms with Gasteiger partial charge in [-0.15, -0.1) is 0 Å². The van der Waals surface area contributed by atoms with E-state index in [4.69, 9.17) is 5.26 Å². The zero-order valence-corrected chi connectivity index (χ0v) is 5.70. The zero-order chi connectivity index (χ0) is 7.68.